The van der Waals surface area contributed by atoms with Gasteiger partial charge in [-0.3, -0.25) is 14.5 Å². The fraction of sp³-hybridized carbons (Fsp3) is 0.333. The minimum Gasteiger partial charge on any atom is -0.455 e. The third kappa shape index (κ3) is 6.55. The number of hydrogen-bond donors (Lipinski definition) is 1. The molecule has 0 aliphatic carbocycles. The van der Waals surface area contributed by atoms with Gasteiger partial charge in [0.25, 0.3) is 0 Å². The van der Waals surface area contributed by atoms with Gasteiger partial charge in [-0.05, 0) is 51.2 Å². The van der Waals surface area contributed by atoms with Gasteiger partial charge in [-0.2, -0.15) is 0 Å². The van der Waals surface area contributed by atoms with Crippen LogP contribution in [0.1, 0.15) is 13.8 Å². The molecule has 0 saturated heterocycles. The number of ether oxygens (including phenoxy) is 1. The monoisotopic (exact) mass is 403 g/mol. The van der Waals surface area contributed by atoms with Gasteiger partial charge in [0.1, 0.15) is 5.75 Å². The average Bonchev–Trinajstić information content (AvgIpc) is 2.65. The van der Waals surface area contributed by atoms with E-state index >= 15 is 0 Å². The first kappa shape index (κ1) is 21.7. The Morgan fingerprint density at radius 3 is 2.36 bits per heavy atom. The van der Waals surface area contributed by atoms with Crippen LogP contribution in [0.5, 0.6) is 11.5 Å². The molecule has 150 valence electrons. The van der Waals surface area contributed by atoms with Gasteiger partial charge in [0.05, 0.1) is 18.8 Å². The number of nitrogens with one attached hydrogen (secondary N) is 1. The Morgan fingerprint density at radius 1 is 1.04 bits per heavy atom. The molecule has 2 rings (SSSR count). The predicted molar refractivity (Wildman–Crippen MR) is 112 cm³/mol. The first-order chi connectivity index (χ1) is 13.4. The molecule has 0 spiro atoms. The second kappa shape index (κ2) is 10.7. The Morgan fingerprint density at radius 2 is 1.71 bits per heavy atom. The quantitative estimate of drug-likeness (QED) is 0.690. The minimum atomic E-state index is -0.255. The summed E-state index contributed by atoms with van der Waals surface area (Å²) < 4.78 is 5.85. The molecule has 0 aromatic heterocycles. The van der Waals surface area contributed by atoms with Gasteiger partial charge in [0.2, 0.25) is 11.8 Å². The number of carbonyl (C=O) groups is 2. The van der Waals surface area contributed by atoms with Crippen molar-refractivity contribution in [1.82, 2.24) is 9.80 Å². The van der Waals surface area contributed by atoms with Gasteiger partial charge >= 0.3 is 0 Å². The van der Waals surface area contributed by atoms with Crippen LogP contribution < -0.4 is 10.1 Å². The summed E-state index contributed by atoms with van der Waals surface area (Å²) in [6.07, 6.45) is 0. The lowest BCUT2D eigenvalue weighted by molar-refractivity contribution is -0.132. The van der Waals surface area contributed by atoms with E-state index in [1.54, 1.807) is 35.0 Å². The Labute approximate surface area is 171 Å². The summed E-state index contributed by atoms with van der Waals surface area (Å²) in [5.74, 6) is 0.888. The van der Waals surface area contributed by atoms with Gasteiger partial charge in [0, 0.05) is 18.1 Å². The van der Waals surface area contributed by atoms with E-state index < -0.39 is 0 Å². The molecule has 6 nitrogen and oxygen atoms in total. The summed E-state index contributed by atoms with van der Waals surface area (Å²) in [7, 11) is 1.74. The van der Waals surface area contributed by atoms with Crippen molar-refractivity contribution in [3.63, 3.8) is 0 Å². The van der Waals surface area contributed by atoms with Crippen LogP contribution in [0, 0.1) is 0 Å². The zero-order chi connectivity index (χ0) is 20.5. The highest BCUT2D eigenvalue weighted by Gasteiger charge is 2.16. The number of amides is 2. The molecule has 28 heavy (non-hydrogen) atoms. The fourth-order valence-electron chi connectivity index (χ4n) is 2.70. The van der Waals surface area contributed by atoms with E-state index in [-0.39, 0.29) is 24.9 Å². The molecule has 0 heterocycles. The summed E-state index contributed by atoms with van der Waals surface area (Å²) in [4.78, 5) is 28.0. The lowest BCUT2D eigenvalue weighted by Crippen LogP contribution is -2.41. The molecule has 2 amide bonds. The first-order valence-electron chi connectivity index (χ1n) is 9.21. The van der Waals surface area contributed by atoms with E-state index in [0.717, 1.165) is 0 Å². The topological polar surface area (TPSA) is 61.9 Å². The number of para-hydroxylation sites is 1. The van der Waals surface area contributed by atoms with Crippen LogP contribution in [0.4, 0.5) is 5.69 Å². The van der Waals surface area contributed by atoms with Crippen molar-refractivity contribution in [3.05, 3.63) is 53.6 Å². The molecule has 0 saturated carbocycles. The Bertz CT molecular complexity index is 795. The number of halogens is 1. The molecule has 0 bridgehead atoms. The SMILES string of the molecule is CCN(CC)C(=O)CN(C)CC(=O)Nc1cc(Cl)ccc1Oc1ccccc1. The zero-order valence-corrected chi connectivity index (χ0v) is 17.2. The summed E-state index contributed by atoms with van der Waals surface area (Å²) in [5, 5.41) is 3.30. The zero-order valence-electron chi connectivity index (χ0n) is 16.4. The van der Waals surface area contributed by atoms with Gasteiger partial charge in [-0.15, -0.1) is 0 Å². The number of rotatable bonds is 9. The maximum atomic E-state index is 12.5. The van der Waals surface area contributed by atoms with Gasteiger partial charge < -0.3 is 15.0 Å². The average molecular weight is 404 g/mol. The maximum absolute atomic E-state index is 12.5. The highest BCUT2D eigenvalue weighted by molar-refractivity contribution is 6.31. The van der Waals surface area contributed by atoms with E-state index in [4.69, 9.17) is 16.3 Å². The molecule has 0 fully saturated rings. The molecule has 7 heteroatoms. The number of hydrogen-bond acceptors (Lipinski definition) is 4. The second-order valence-electron chi connectivity index (χ2n) is 6.34. The van der Waals surface area contributed by atoms with Crippen molar-refractivity contribution in [3.8, 4) is 11.5 Å². The van der Waals surface area contributed by atoms with Crippen molar-refractivity contribution in [2.75, 3.05) is 38.5 Å². The Kier molecular flexibility index (Phi) is 8.29. The summed E-state index contributed by atoms with van der Waals surface area (Å²) >= 11 is 6.08. The highest BCUT2D eigenvalue weighted by atomic mass is 35.5. The van der Waals surface area contributed by atoms with Crippen LogP contribution in [0.25, 0.3) is 0 Å². The van der Waals surface area contributed by atoms with Crippen molar-refractivity contribution in [1.29, 1.82) is 0 Å². The molecule has 0 unspecified atom stereocenters. The van der Waals surface area contributed by atoms with Crippen LogP contribution in [0.2, 0.25) is 5.02 Å². The number of nitrogens with zero attached hydrogens (tertiary/aromatic N) is 2. The van der Waals surface area contributed by atoms with Crippen LogP contribution in [-0.2, 0) is 9.59 Å². The molecule has 2 aromatic carbocycles. The number of benzene rings is 2. The number of likely N-dealkylation sites (N-methyl/N-ethyl adjacent to an activating group) is 2. The maximum Gasteiger partial charge on any atom is 0.238 e. The van der Waals surface area contributed by atoms with E-state index in [2.05, 4.69) is 5.32 Å². The summed E-state index contributed by atoms with van der Waals surface area (Å²) in [6.45, 7) is 5.42. The molecule has 0 radical (unpaired) electrons. The fourth-order valence-corrected chi connectivity index (χ4v) is 2.87. The molecular weight excluding hydrogens is 378 g/mol. The first-order valence-corrected chi connectivity index (χ1v) is 9.59. The third-order valence-electron chi connectivity index (χ3n) is 4.12. The highest BCUT2D eigenvalue weighted by Crippen LogP contribution is 2.31. The third-order valence-corrected chi connectivity index (χ3v) is 4.36. The molecular formula is C21H26ClN3O3. The summed E-state index contributed by atoms with van der Waals surface area (Å²) in [6, 6.07) is 14.3. The van der Waals surface area contributed by atoms with Crippen LogP contribution in [-0.4, -0.2) is 54.8 Å². The van der Waals surface area contributed by atoms with E-state index in [0.29, 0.717) is 35.3 Å². The molecule has 0 aliphatic rings. The van der Waals surface area contributed by atoms with Crippen LogP contribution in [0.15, 0.2) is 48.5 Å². The van der Waals surface area contributed by atoms with Gasteiger partial charge in [0.15, 0.2) is 5.75 Å². The molecule has 2 aromatic rings. The van der Waals surface area contributed by atoms with Crippen molar-refractivity contribution in [2.45, 2.75) is 13.8 Å². The van der Waals surface area contributed by atoms with Gasteiger partial charge in [-0.25, -0.2) is 0 Å². The smallest absolute Gasteiger partial charge is 0.238 e. The van der Waals surface area contributed by atoms with Gasteiger partial charge in [-0.1, -0.05) is 29.8 Å². The van der Waals surface area contributed by atoms with E-state index in [9.17, 15) is 9.59 Å². The number of anilines is 1. The summed E-state index contributed by atoms with van der Waals surface area (Å²) in [5.41, 5.74) is 0.477. The Hall–Kier alpha value is -2.57. The molecule has 0 atom stereocenters. The lowest BCUT2D eigenvalue weighted by Gasteiger charge is -2.22. The van der Waals surface area contributed by atoms with Crippen LogP contribution in [0.3, 0.4) is 0 Å². The standard InChI is InChI=1S/C21H26ClN3O3/c1-4-25(5-2)21(27)15-24(3)14-20(26)23-18-13-16(22)11-12-19(18)28-17-9-7-6-8-10-17/h6-13H,4-5,14-15H2,1-3H3,(H,23,26). The van der Waals surface area contributed by atoms with E-state index in [1.807, 2.05) is 44.2 Å². The second-order valence-corrected chi connectivity index (χ2v) is 6.78. The van der Waals surface area contributed by atoms with Crippen molar-refractivity contribution >= 4 is 29.1 Å². The van der Waals surface area contributed by atoms with Crippen LogP contribution >= 0.6 is 11.6 Å². The van der Waals surface area contributed by atoms with Crippen molar-refractivity contribution in [2.24, 2.45) is 0 Å². The normalized spacial score (nSPS) is 10.6. The minimum absolute atomic E-state index is 0.00356. The lowest BCUT2D eigenvalue weighted by atomic mass is 10.2. The number of carbonyl (C=O) groups excluding carboxylic acids is 2. The van der Waals surface area contributed by atoms with Crippen molar-refractivity contribution < 1.29 is 14.3 Å². The largest absolute Gasteiger partial charge is 0.455 e. The predicted octanol–water partition coefficient (Wildman–Crippen LogP) is 3.87. The molecule has 1 N–H and O–H groups in total. The Balaban J connectivity index is 2.01. The molecule has 0 aliphatic heterocycles. The van der Waals surface area contributed by atoms with E-state index in [1.165, 1.54) is 0 Å².